The van der Waals surface area contributed by atoms with Gasteiger partial charge in [-0.1, -0.05) is 6.07 Å². The molecule has 0 aliphatic heterocycles. The summed E-state index contributed by atoms with van der Waals surface area (Å²) in [6.45, 7) is 4.96. The molecule has 2 aromatic rings. The van der Waals surface area contributed by atoms with E-state index < -0.39 is 5.97 Å². The lowest BCUT2D eigenvalue weighted by Crippen LogP contribution is -2.25. The first-order valence-electron chi connectivity index (χ1n) is 6.33. The van der Waals surface area contributed by atoms with E-state index in [0.29, 0.717) is 24.7 Å². The van der Waals surface area contributed by atoms with Gasteiger partial charge in [0.15, 0.2) is 0 Å². The maximum atomic E-state index is 11.0. The normalized spacial score (nSPS) is 10.3. The smallest absolute Gasteiger partial charge is 0.339 e. The molecule has 0 aliphatic carbocycles. The lowest BCUT2D eigenvalue weighted by Gasteiger charge is -2.20. The number of hydrogen-bond donors (Lipinski definition) is 1. The number of aryl methyl sites for hydroxylation is 1. The fourth-order valence-corrected chi connectivity index (χ4v) is 1.83. The molecule has 2 heterocycles. The van der Waals surface area contributed by atoms with Crippen molar-refractivity contribution in [3.8, 4) is 0 Å². The molecule has 20 heavy (non-hydrogen) atoms. The topological polar surface area (TPSA) is 79.2 Å². The third-order valence-corrected chi connectivity index (χ3v) is 2.94. The molecule has 0 amide bonds. The molecule has 0 spiro atoms. The Morgan fingerprint density at radius 2 is 2.15 bits per heavy atom. The lowest BCUT2D eigenvalue weighted by molar-refractivity contribution is 0.0695. The SMILES string of the molecule is CCN(Cc1ccccn1)c1ncc(C(=O)O)c(C)n1. The van der Waals surface area contributed by atoms with E-state index in [0.717, 1.165) is 5.69 Å². The van der Waals surface area contributed by atoms with Crippen molar-refractivity contribution in [1.29, 1.82) is 0 Å². The van der Waals surface area contributed by atoms with Crippen molar-refractivity contribution in [3.63, 3.8) is 0 Å². The zero-order valence-corrected chi connectivity index (χ0v) is 11.4. The van der Waals surface area contributed by atoms with Crippen LogP contribution in [0.1, 0.15) is 28.7 Å². The van der Waals surface area contributed by atoms with Crippen LogP contribution in [0.25, 0.3) is 0 Å². The Labute approximate surface area is 117 Å². The van der Waals surface area contributed by atoms with Crippen LogP contribution in [0.2, 0.25) is 0 Å². The van der Waals surface area contributed by atoms with E-state index in [-0.39, 0.29) is 5.56 Å². The molecule has 6 heteroatoms. The Morgan fingerprint density at radius 3 is 2.70 bits per heavy atom. The lowest BCUT2D eigenvalue weighted by atomic mass is 10.2. The minimum atomic E-state index is -1.01. The number of hydrogen-bond acceptors (Lipinski definition) is 5. The molecule has 2 rings (SSSR count). The average molecular weight is 272 g/mol. The van der Waals surface area contributed by atoms with Crippen LogP contribution in [0.5, 0.6) is 0 Å². The summed E-state index contributed by atoms with van der Waals surface area (Å²) < 4.78 is 0. The highest BCUT2D eigenvalue weighted by Gasteiger charge is 2.14. The summed E-state index contributed by atoms with van der Waals surface area (Å²) in [6.07, 6.45) is 3.09. The quantitative estimate of drug-likeness (QED) is 0.895. The number of anilines is 1. The Balaban J connectivity index is 2.24. The van der Waals surface area contributed by atoms with Crippen molar-refractivity contribution >= 4 is 11.9 Å². The van der Waals surface area contributed by atoms with Crippen LogP contribution in [0.15, 0.2) is 30.6 Å². The summed E-state index contributed by atoms with van der Waals surface area (Å²) >= 11 is 0. The van der Waals surface area contributed by atoms with Crippen LogP contribution >= 0.6 is 0 Å². The van der Waals surface area contributed by atoms with Crippen LogP contribution in [0, 0.1) is 6.92 Å². The summed E-state index contributed by atoms with van der Waals surface area (Å²) in [6, 6.07) is 5.72. The molecule has 6 nitrogen and oxygen atoms in total. The molecule has 104 valence electrons. The fraction of sp³-hybridized carbons (Fsp3) is 0.286. The molecular weight excluding hydrogens is 256 g/mol. The first-order valence-corrected chi connectivity index (χ1v) is 6.33. The van der Waals surface area contributed by atoms with E-state index in [2.05, 4.69) is 15.0 Å². The molecule has 1 N–H and O–H groups in total. The number of aromatic carboxylic acids is 1. The number of nitrogens with zero attached hydrogens (tertiary/aromatic N) is 4. The summed E-state index contributed by atoms with van der Waals surface area (Å²) in [5.41, 5.74) is 1.50. The summed E-state index contributed by atoms with van der Waals surface area (Å²) in [5.74, 6) is -0.498. The van der Waals surface area contributed by atoms with Gasteiger partial charge in [0.05, 0.1) is 23.5 Å². The van der Waals surface area contributed by atoms with Gasteiger partial charge in [-0.15, -0.1) is 0 Å². The molecule has 0 atom stereocenters. The molecule has 0 unspecified atom stereocenters. The number of carboxylic acids is 1. The Hall–Kier alpha value is -2.50. The molecule has 0 bridgehead atoms. The largest absolute Gasteiger partial charge is 0.478 e. The highest BCUT2D eigenvalue weighted by molar-refractivity contribution is 5.88. The number of rotatable bonds is 5. The van der Waals surface area contributed by atoms with Crippen molar-refractivity contribution in [2.45, 2.75) is 20.4 Å². The second kappa shape index (κ2) is 6.10. The van der Waals surface area contributed by atoms with E-state index in [1.807, 2.05) is 30.0 Å². The molecule has 0 radical (unpaired) electrons. The molecule has 0 saturated heterocycles. The van der Waals surface area contributed by atoms with Crippen LogP contribution in [0.3, 0.4) is 0 Å². The van der Waals surface area contributed by atoms with Crippen molar-refractivity contribution in [3.05, 3.63) is 47.5 Å². The number of carboxylic acid groups (broad SMARTS) is 1. The molecule has 0 saturated carbocycles. The van der Waals surface area contributed by atoms with Crippen molar-refractivity contribution < 1.29 is 9.90 Å². The number of carbonyl (C=O) groups is 1. The second-order valence-corrected chi connectivity index (χ2v) is 4.31. The summed E-state index contributed by atoms with van der Waals surface area (Å²) in [5, 5.41) is 8.98. The third-order valence-electron chi connectivity index (χ3n) is 2.94. The Kier molecular flexibility index (Phi) is 4.24. The first kappa shape index (κ1) is 13.9. The van der Waals surface area contributed by atoms with Gasteiger partial charge in [-0.3, -0.25) is 4.98 Å². The van der Waals surface area contributed by atoms with Crippen LogP contribution in [-0.2, 0) is 6.54 Å². The average Bonchev–Trinajstić information content (AvgIpc) is 2.45. The highest BCUT2D eigenvalue weighted by atomic mass is 16.4. The van der Waals surface area contributed by atoms with Crippen LogP contribution in [0.4, 0.5) is 5.95 Å². The summed E-state index contributed by atoms with van der Waals surface area (Å²) in [7, 11) is 0. The van der Waals surface area contributed by atoms with Gasteiger partial charge in [-0.05, 0) is 26.0 Å². The van der Waals surface area contributed by atoms with Gasteiger partial charge in [-0.2, -0.15) is 0 Å². The van der Waals surface area contributed by atoms with Gasteiger partial charge < -0.3 is 10.0 Å². The van der Waals surface area contributed by atoms with Gasteiger partial charge in [0.25, 0.3) is 0 Å². The van der Waals surface area contributed by atoms with Gasteiger partial charge in [0, 0.05) is 18.9 Å². The number of pyridine rings is 1. The maximum absolute atomic E-state index is 11.0. The van der Waals surface area contributed by atoms with E-state index >= 15 is 0 Å². The molecule has 0 fully saturated rings. The number of aromatic nitrogens is 3. The standard InChI is InChI=1S/C14H16N4O2/c1-3-18(9-11-6-4-5-7-15-11)14-16-8-12(13(19)20)10(2)17-14/h4-8H,3,9H2,1-2H3,(H,19,20). The van der Waals surface area contributed by atoms with Crippen LogP contribution < -0.4 is 4.90 Å². The Morgan fingerprint density at radius 1 is 1.35 bits per heavy atom. The Bertz CT molecular complexity index is 601. The minimum absolute atomic E-state index is 0.127. The van der Waals surface area contributed by atoms with Crippen molar-refractivity contribution in [1.82, 2.24) is 15.0 Å². The minimum Gasteiger partial charge on any atom is -0.478 e. The third kappa shape index (κ3) is 3.09. The summed E-state index contributed by atoms with van der Waals surface area (Å²) in [4.78, 5) is 25.6. The van der Waals surface area contributed by atoms with Gasteiger partial charge in [-0.25, -0.2) is 14.8 Å². The monoisotopic (exact) mass is 272 g/mol. The van der Waals surface area contributed by atoms with Gasteiger partial charge >= 0.3 is 5.97 Å². The van der Waals surface area contributed by atoms with Crippen molar-refractivity contribution in [2.75, 3.05) is 11.4 Å². The van der Waals surface area contributed by atoms with Crippen LogP contribution in [-0.4, -0.2) is 32.6 Å². The van der Waals surface area contributed by atoms with Gasteiger partial charge in [0.2, 0.25) is 5.95 Å². The predicted molar refractivity (Wildman–Crippen MR) is 74.7 cm³/mol. The first-order chi connectivity index (χ1) is 9.61. The predicted octanol–water partition coefficient (Wildman–Crippen LogP) is 1.90. The van der Waals surface area contributed by atoms with E-state index in [1.54, 1.807) is 13.1 Å². The van der Waals surface area contributed by atoms with E-state index in [9.17, 15) is 4.79 Å². The van der Waals surface area contributed by atoms with Gasteiger partial charge in [0.1, 0.15) is 0 Å². The highest BCUT2D eigenvalue weighted by Crippen LogP contribution is 2.13. The fourth-order valence-electron chi connectivity index (χ4n) is 1.83. The molecule has 2 aromatic heterocycles. The molecule has 0 aromatic carbocycles. The molecular formula is C14H16N4O2. The van der Waals surface area contributed by atoms with Crippen molar-refractivity contribution in [2.24, 2.45) is 0 Å². The maximum Gasteiger partial charge on any atom is 0.339 e. The van der Waals surface area contributed by atoms with E-state index in [1.165, 1.54) is 6.20 Å². The zero-order valence-electron chi connectivity index (χ0n) is 11.4. The second-order valence-electron chi connectivity index (χ2n) is 4.31. The molecule has 0 aliphatic rings. The van der Waals surface area contributed by atoms with E-state index in [4.69, 9.17) is 5.11 Å². The zero-order chi connectivity index (χ0) is 14.5.